The molecule has 0 radical (unpaired) electrons. The van der Waals surface area contributed by atoms with E-state index >= 15 is 0 Å². The Morgan fingerprint density at radius 3 is 2.18 bits per heavy atom. The number of pyridine rings is 2. The molecule has 0 spiro atoms. The maximum Gasteiger partial charge on any atom is 0.407 e. The molecule has 0 atom stereocenters. The van der Waals surface area contributed by atoms with Crippen LogP contribution in [0.15, 0.2) is 48.7 Å². The minimum absolute atomic E-state index is 0.104. The topological polar surface area (TPSA) is 117 Å². The van der Waals surface area contributed by atoms with Gasteiger partial charge in [-0.25, -0.2) is 14.8 Å². The van der Waals surface area contributed by atoms with Gasteiger partial charge < -0.3 is 25.2 Å². The average Bonchev–Trinajstić information content (AvgIpc) is 3.02. The summed E-state index contributed by atoms with van der Waals surface area (Å²) in [6, 6.07) is 13.6. The minimum atomic E-state index is -0.503. The zero-order valence-electron chi connectivity index (χ0n) is 26.3. The van der Waals surface area contributed by atoms with Gasteiger partial charge >= 0.3 is 6.09 Å². The Morgan fingerprint density at radius 2 is 1.57 bits per heavy atom. The van der Waals surface area contributed by atoms with Crippen LogP contribution in [0.1, 0.15) is 63.7 Å². The summed E-state index contributed by atoms with van der Waals surface area (Å²) in [5.74, 6) is 1.69. The second kappa shape index (κ2) is 13.6. The average molecular weight is 601 g/mol. The lowest BCUT2D eigenvalue weighted by atomic mass is 9.82. The summed E-state index contributed by atoms with van der Waals surface area (Å²) in [5, 5.41) is 6.90. The Labute approximate surface area is 259 Å². The first-order valence-corrected chi connectivity index (χ1v) is 15.7. The molecular formula is C34H44N6O4. The van der Waals surface area contributed by atoms with Gasteiger partial charge in [0.25, 0.3) is 5.91 Å². The maximum atomic E-state index is 13.5. The number of hydrogen-bond acceptors (Lipinski definition) is 7. The zero-order valence-corrected chi connectivity index (χ0v) is 26.3. The summed E-state index contributed by atoms with van der Waals surface area (Å²) in [7, 11) is 0. The van der Waals surface area contributed by atoms with Gasteiger partial charge in [-0.1, -0.05) is 18.2 Å². The lowest BCUT2D eigenvalue weighted by Crippen LogP contribution is -2.48. The van der Waals surface area contributed by atoms with Gasteiger partial charge in [-0.2, -0.15) is 0 Å². The Morgan fingerprint density at radius 1 is 0.909 bits per heavy atom. The Kier molecular flexibility index (Phi) is 9.66. The van der Waals surface area contributed by atoms with Crippen molar-refractivity contribution in [2.24, 2.45) is 11.8 Å². The number of piperazine rings is 1. The zero-order chi connectivity index (χ0) is 31.3. The Balaban J connectivity index is 1.19. The maximum absolute atomic E-state index is 13.5. The third kappa shape index (κ3) is 8.03. The number of carbonyl (C=O) groups is 3. The van der Waals surface area contributed by atoms with Crippen LogP contribution in [0.4, 0.5) is 10.6 Å². The molecule has 0 unspecified atom stereocenters. The number of anilines is 1. The van der Waals surface area contributed by atoms with Crippen LogP contribution in [0, 0.1) is 11.8 Å². The molecule has 1 aliphatic heterocycles. The van der Waals surface area contributed by atoms with Crippen molar-refractivity contribution in [1.82, 2.24) is 25.5 Å². The molecule has 2 fully saturated rings. The number of alkyl carbamates (subject to hydrolysis) is 1. The van der Waals surface area contributed by atoms with Crippen molar-refractivity contribution in [3.63, 3.8) is 0 Å². The summed E-state index contributed by atoms with van der Waals surface area (Å²) < 4.78 is 5.35. The monoisotopic (exact) mass is 600 g/mol. The summed E-state index contributed by atoms with van der Waals surface area (Å²) in [5.41, 5.74) is 2.40. The predicted molar refractivity (Wildman–Crippen MR) is 171 cm³/mol. The lowest BCUT2D eigenvalue weighted by Gasteiger charge is -2.34. The fourth-order valence-electron chi connectivity index (χ4n) is 6.00. The van der Waals surface area contributed by atoms with E-state index in [0.717, 1.165) is 61.1 Å². The number of nitrogens with one attached hydrogen (secondary N) is 2. The molecule has 1 aromatic carbocycles. The second-order valence-corrected chi connectivity index (χ2v) is 12.9. The van der Waals surface area contributed by atoms with Crippen molar-refractivity contribution in [2.45, 2.75) is 59.0 Å². The molecule has 5 rings (SSSR count). The smallest absolute Gasteiger partial charge is 0.407 e. The van der Waals surface area contributed by atoms with Crippen LogP contribution < -0.4 is 15.5 Å². The molecule has 2 aromatic heterocycles. The van der Waals surface area contributed by atoms with E-state index in [0.29, 0.717) is 49.3 Å². The highest BCUT2D eigenvalue weighted by atomic mass is 16.6. The molecular weight excluding hydrogens is 556 g/mol. The molecule has 2 aliphatic rings. The number of nitrogens with zero attached hydrogens (tertiary/aromatic N) is 4. The van der Waals surface area contributed by atoms with Crippen LogP contribution in [0.2, 0.25) is 0 Å². The van der Waals surface area contributed by atoms with Crippen molar-refractivity contribution in [3.8, 4) is 11.3 Å². The number of aromatic nitrogens is 2. The van der Waals surface area contributed by atoms with Gasteiger partial charge in [0.1, 0.15) is 11.4 Å². The molecule has 3 heterocycles. The SMILES string of the molecule is CC(=O)N1CCN(c2ccc(-c3cc(C(=O)NC[C@H]4CC[C@H](CNC(=O)OC(C)(C)C)CC4)c4ccccc4n3)cn2)CC1. The van der Waals surface area contributed by atoms with Crippen molar-refractivity contribution < 1.29 is 19.1 Å². The Bertz CT molecular complexity index is 1470. The van der Waals surface area contributed by atoms with E-state index in [9.17, 15) is 14.4 Å². The third-order valence-electron chi connectivity index (χ3n) is 8.51. The molecule has 0 bridgehead atoms. The standard InChI is InChI=1S/C34H44N6O4/c1-23(41)39-15-17-40(18-16-39)31-14-13-26(22-35-31)30-19-28(27-7-5-6-8-29(27)38-30)32(42)36-20-24-9-11-25(12-10-24)21-37-33(43)44-34(2,3)4/h5-8,13-14,19,22,24-25H,9-12,15-18,20-21H2,1-4H3,(H,36,42)(H,37,43)/t24-,25-. The second-order valence-electron chi connectivity index (χ2n) is 12.9. The minimum Gasteiger partial charge on any atom is -0.444 e. The highest BCUT2D eigenvalue weighted by Gasteiger charge is 2.24. The van der Waals surface area contributed by atoms with Gasteiger partial charge in [-0.15, -0.1) is 0 Å². The predicted octanol–water partition coefficient (Wildman–Crippen LogP) is 5.03. The fourth-order valence-corrected chi connectivity index (χ4v) is 6.00. The van der Waals surface area contributed by atoms with Gasteiger partial charge in [-0.05, 0) is 82.6 Å². The first-order valence-electron chi connectivity index (χ1n) is 15.7. The van der Waals surface area contributed by atoms with Crippen molar-refractivity contribution in [1.29, 1.82) is 0 Å². The van der Waals surface area contributed by atoms with E-state index in [1.807, 2.05) is 74.3 Å². The number of fused-ring (bicyclic) bond motifs is 1. The van der Waals surface area contributed by atoms with Crippen LogP contribution in [0.3, 0.4) is 0 Å². The largest absolute Gasteiger partial charge is 0.444 e. The summed E-state index contributed by atoms with van der Waals surface area (Å²) in [6.45, 7) is 11.3. The van der Waals surface area contributed by atoms with Gasteiger partial charge in [0, 0.05) is 63.3 Å². The first-order chi connectivity index (χ1) is 21.1. The fraction of sp³-hybridized carbons (Fsp3) is 0.500. The van der Waals surface area contributed by atoms with Crippen LogP contribution >= 0.6 is 0 Å². The van der Waals surface area contributed by atoms with Gasteiger partial charge in [0.15, 0.2) is 0 Å². The molecule has 2 N–H and O–H groups in total. The summed E-state index contributed by atoms with van der Waals surface area (Å²) >= 11 is 0. The number of amides is 3. The van der Waals surface area contributed by atoms with Crippen LogP contribution in [-0.4, -0.2) is 77.6 Å². The van der Waals surface area contributed by atoms with Gasteiger partial charge in [-0.3, -0.25) is 9.59 Å². The molecule has 3 amide bonds. The lowest BCUT2D eigenvalue weighted by molar-refractivity contribution is -0.129. The molecule has 44 heavy (non-hydrogen) atoms. The van der Waals surface area contributed by atoms with Crippen LogP contribution in [0.25, 0.3) is 22.2 Å². The molecule has 10 nitrogen and oxygen atoms in total. The van der Waals surface area contributed by atoms with Crippen LogP contribution in [0.5, 0.6) is 0 Å². The van der Waals surface area contributed by atoms with Crippen molar-refractivity contribution in [2.75, 3.05) is 44.2 Å². The van der Waals surface area contributed by atoms with Crippen molar-refractivity contribution >= 4 is 34.6 Å². The Hall–Kier alpha value is -4.21. The van der Waals surface area contributed by atoms with Gasteiger partial charge in [0.05, 0.1) is 16.8 Å². The number of ether oxygens (including phenoxy) is 1. The van der Waals surface area contributed by atoms with E-state index in [1.54, 1.807) is 6.92 Å². The molecule has 234 valence electrons. The molecule has 3 aromatic rings. The van der Waals surface area contributed by atoms with Gasteiger partial charge in [0.2, 0.25) is 5.91 Å². The van der Waals surface area contributed by atoms with E-state index < -0.39 is 5.60 Å². The van der Waals surface area contributed by atoms with E-state index in [1.165, 1.54) is 0 Å². The number of rotatable bonds is 7. The van der Waals surface area contributed by atoms with Crippen LogP contribution in [-0.2, 0) is 9.53 Å². The summed E-state index contributed by atoms with van der Waals surface area (Å²) in [6.07, 6.45) is 5.46. The number of carbonyl (C=O) groups excluding carboxylic acids is 3. The quantitative estimate of drug-likeness (QED) is 0.391. The highest BCUT2D eigenvalue weighted by molar-refractivity contribution is 6.07. The first kappa shape index (κ1) is 31.2. The molecule has 1 aliphatic carbocycles. The number of benzene rings is 1. The number of para-hydroxylation sites is 1. The molecule has 1 saturated carbocycles. The highest BCUT2D eigenvalue weighted by Crippen LogP contribution is 2.29. The van der Waals surface area contributed by atoms with E-state index in [2.05, 4.69) is 15.5 Å². The van der Waals surface area contributed by atoms with E-state index in [4.69, 9.17) is 14.7 Å². The molecule has 1 saturated heterocycles. The molecule has 10 heteroatoms. The third-order valence-corrected chi connectivity index (χ3v) is 8.51. The van der Waals surface area contributed by atoms with Crippen molar-refractivity contribution in [3.05, 3.63) is 54.2 Å². The summed E-state index contributed by atoms with van der Waals surface area (Å²) in [4.78, 5) is 50.8. The number of hydrogen-bond donors (Lipinski definition) is 2. The normalized spacial score (nSPS) is 19.0. The van der Waals surface area contributed by atoms with E-state index in [-0.39, 0.29) is 17.9 Å².